The van der Waals surface area contributed by atoms with E-state index in [9.17, 15) is 0 Å². The van der Waals surface area contributed by atoms with Crippen LogP contribution in [0.4, 0.5) is 0 Å². The Morgan fingerprint density at radius 1 is 0.720 bits per heavy atom. The molecule has 0 radical (unpaired) electrons. The first kappa shape index (κ1) is 19.6. The maximum atomic E-state index is 6.74. The molecule has 134 valence electrons. The summed E-state index contributed by atoms with van der Waals surface area (Å²) in [4.78, 5) is 0. The van der Waals surface area contributed by atoms with Crippen LogP contribution in [0.2, 0.25) is 0 Å². The molecule has 0 saturated carbocycles. The normalized spacial score (nSPS) is 12.9. The average Bonchev–Trinajstić information content (AvgIpc) is 2.52. The lowest BCUT2D eigenvalue weighted by molar-refractivity contribution is 0.0296. The third-order valence-electron chi connectivity index (χ3n) is 3.58. The van der Waals surface area contributed by atoms with Gasteiger partial charge < -0.3 is 8.85 Å². The lowest BCUT2D eigenvalue weighted by Gasteiger charge is -2.41. The second kappa shape index (κ2) is 7.28. The van der Waals surface area contributed by atoms with Gasteiger partial charge in [-0.3, -0.25) is 0 Å². The average molecular weight is 355 g/mol. The monoisotopic (exact) mass is 354 g/mol. The molecule has 0 aromatic heterocycles. The first-order chi connectivity index (χ1) is 11.6. The number of benzene rings is 2. The van der Waals surface area contributed by atoms with Crippen LogP contribution in [-0.2, 0) is 8.85 Å². The molecular weight excluding hydrogens is 324 g/mol. The van der Waals surface area contributed by atoms with E-state index in [1.807, 2.05) is 24.3 Å². The molecule has 0 spiro atoms. The topological polar surface area (TPSA) is 18.5 Å². The largest absolute Gasteiger partial charge is 0.407 e. The molecule has 2 aromatic carbocycles. The second-order valence-electron chi connectivity index (χ2n) is 8.24. The van der Waals surface area contributed by atoms with E-state index in [0.717, 1.165) is 15.9 Å². The molecule has 0 N–H and O–H groups in total. The highest BCUT2D eigenvalue weighted by molar-refractivity contribution is 6.92. The zero-order valence-corrected chi connectivity index (χ0v) is 17.3. The van der Waals surface area contributed by atoms with Gasteiger partial charge in [0.25, 0.3) is 0 Å². The molecule has 2 aromatic rings. The lowest BCUT2D eigenvalue weighted by Crippen LogP contribution is -2.68. The second-order valence-corrected chi connectivity index (χ2v) is 11.0. The van der Waals surface area contributed by atoms with Crippen LogP contribution in [0.1, 0.15) is 47.1 Å². The van der Waals surface area contributed by atoms with Crippen molar-refractivity contribution in [1.82, 2.24) is 0 Å². The van der Waals surface area contributed by atoms with Gasteiger partial charge in [0.2, 0.25) is 0 Å². The van der Waals surface area contributed by atoms with Crippen LogP contribution in [-0.4, -0.2) is 19.8 Å². The van der Waals surface area contributed by atoms with Gasteiger partial charge in [0, 0.05) is 0 Å². The highest BCUT2D eigenvalue weighted by atomic mass is 28.4. The molecule has 0 unspecified atom stereocenters. The number of rotatable bonds is 5. The summed E-state index contributed by atoms with van der Waals surface area (Å²) in [5.41, 5.74) is 0.431. The minimum Gasteiger partial charge on any atom is -0.383 e. The molecule has 0 aliphatic carbocycles. The summed E-state index contributed by atoms with van der Waals surface area (Å²) in [6, 6.07) is 18.7. The van der Waals surface area contributed by atoms with Gasteiger partial charge in [-0.25, -0.2) is 0 Å². The fraction of sp³-hybridized carbons (Fsp3) is 0.364. The SMILES string of the molecule is C=Cc1ccc([Si](OC(C)(C)C)(OC(C)(C)C)c2ccccc2)cc1. The summed E-state index contributed by atoms with van der Waals surface area (Å²) in [5, 5.41) is 2.22. The van der Waals surface area contributed by atoms with E-state index in [1.165, 1.54) is 0 Å². The Labute approximate surface area is 153 Å². The summed E-state index contributed by atoms with van der Waals surface area (Å²) >= 11 is 0. The Hall–Kier alpha value is -1.68. The molecule has 25 heavy (non-hydrogen) atoms. The van der Waals surface area contributed by atoms with Crippen molar-refractivity contribution < 1.29 is 8.85 Å². The molecule has 0 atom stereocenters. The van der Waals surface area contributed by atoms with Crippen molar-refractivity contribution in [1.29, 1.82) is 0 Å². The van der Waals surface area contributed by atoms with Crippen LogP contribution >= 0.6 is 0 Å². The molecule has 0 aliphatic heterocycles. The minimum atomic E-state index is -2.89. The Bertz CT molecular complexity index is 676. The van der Waals surface area contributed by atoms with E-state index >= 15 is 0 Å². The summed E-state index contributed by atoms with van der Waals surface area (Å²) in [5.74, 6) is 0. The van der Waals surface area contributed by atoms with Crippen LogP contribution < -0.4 is 10.4 Å². The van der Waals surface area contributed by atoms with Crippen molar-refractivity contribution in [2.24, 2.45) is 0 Å². The standard InChI is InChI=1S/C22H30O2Si/c1-8-18-14-16-20(17-15-18)25(23-21(2,3)4,24-22(5,6)7)19-12-10-9-11-13-19/h8-17H,1H2,2-7H3. The zero-order valence-electron chi connectivity index (χ0n) is 16.3. The first-order valence-electron chi connectivity index (χ1n) is 8.75. The third-order valence-corrected chi connectivity index (χ3v) is 7.57. The van der Waals surface area contributed by atoms with E-state index in [2.05, 4.69) is 84.5 Å². The van der Waals surface area contributed by atoms with E-state index < -0.39 is 8.56 Å². The molecule has 0 aliphatic rings. The molecule has 0 heterocycles. The van der Waals surface area contributed by atoms with Gasteiger partial charge in [-0.15, -0.1) is 0 Å². The van der Waals surface area contributed by atoms with Crippen molar-refractivity contribution in [3.63, 3.8) is 0 Å². The van der Waals surface area contributed by atoms with Gasteiger partial charge in [-0.1, -0.05) is 67.3 Å². The van der Waals surface area contributed by atoms with Crippen molar-refractivity contribution >= 4 is 25.0 Å². The Kier molecular flexibility index (Phi) is 5.72. The van der Waals surface area contributed by atoms with Crippen LogP contribution in [0.25, 0.3) is 6.08 Å². The molecule has 2 nitrogen and oxygen atoms in total. The smallest absolute Gasteiger partial charge is 0.383 e. The van der Waals surface area contributed by atoms with Crippen molar-refractivity contribution in [2.75, 3.05) is 0 Å². The van der Waals surface area contributed by atoms with Crippen LogP contribution in [0.5, 0.6) is 0 Å². The predicted octanol–water partition coefficient (Wildman–Crippen LogP) is 4.52. The van der Waals surface area contributed by atoms with Gasteiger partial charge in [0.1, 0.15) is 0 Å². The van der Waals surface area contributed by atoms with Crippen LogP contribution in [0, 0.1) is 0 Å². The first-order valence-corrected chi connectivity index (χ1v) is 10.6. The molecule has 0 bridgehead atoms. The lowest BCUT2D eigenvalue weighted by atomic mass is 10.2. The number of hydrogen-bond acceptors (Lipinski definition) is 2. The minimum absolute atomic E-state index is 0.329. The van der Waals surface area contributed by atoms with E-state index in [4.69, 9.17) is 8.85 Å². The van der Waals surface area contributed by atoms with Crippen molar-refractivity contribution in [3.8, 4) is 0 Å². The van der Waals surface area contributed by atoms with E-state index in [-0.39, 0.29) is 11.2 Å². The quantitative estimate of drug-likeness (QED) is 0.735. The van der Waals surface area contributed by atoms with E-state index in [1.54, 1.807) is 0 Å². The summed E-state index contributed by atoms with van der Waals surface area (Å²) < 4.78 is 13.5. The highest BCUT2D eigenvalue weighted by Crippen LogP contribution is 2.24. The van der Waals surface area contributed by atoms with Gasteiger partial charge >= 0.3 is 8.56 Å². The maximum absolute atomic E-state index is 6.74. The molecular formula is C22H30O2Si. The molecule has 0 amide bonds. The fourth-order valence-corrected chi connectivity index (χ4v) is 6.59. The fourth-order valence-electron chi connectivity index (χ4n) is 2.78. The van der Waals surface area contributed by atoms with Crippen molar-refractivity contribution in [3.05, 3.63) is 66.7 Å². The molecule has 2 rings (SSSR count). The predicted molar refractivity (Wildman–Crippen MR) is 110 cm³/mol. The van der Waals surface area contributed by atoms with E-state index in [0.29, 0.717) is 0 Å². The number of hydrogen-bond donors (Lipinski definition) is 0. The summed E-state index contributed by atoms with van der Waals surface area (Å²) in [6.45, 7) is 16.4. The van der Waals surface area contributed by atoms with Gasteiger partial charge in [0.05, 0.1) is 11.2 Å². The Balaban J connectivity index is 2.70. The third kappa shape index (κ3) is 5.14. The highest BCUT2D eigenvalue weighted by Gasteiger charge is 2.48. The van der Waals surface area contributed by atoms with Gasteiger partial charge in [-0.05, 0) is 57.5 Å². The zero-order chi connectivity index (χ0) is 18.7. The Morgan fingerprint density at radius 3 is 1.56 bits per heavy atom. The van der Waals surface area contributed by atoms with Crippen molar-refractivity contribution in [2.45, 2.75) is 52.7 Å². The van der Waals surface area contributed by atoms with Crippen LogP contribution in [0.3, 0.4) is 0 Å². The maximum Gasteiger partial charge on any atom is 0.407 e. The molecule has 3 heteroatoms. The van der Waals surface area contributed by atoms with Gasteiger partial charge in [0.15, 0.2) is 0 Å². The Morgan fingerprint density at radius 2 is 1.16 bits per heavy atom. The molecule has 0 saturated heterocycles. The summed E-state index contributed by atoms with van der Waals surface area (Å²) in [6.07, 6.45) is 1.85. The van der Waals surface area contributed by atoms with Crippen LogP contribution in [0.15, 0.2) is 61.2 Å². The summed E-state index contributed by atoms with van der Waals surface area (Å²) in [7, 11) is -2.89. The van der Waals surface area contributed by atoms with Gasteiger partial charge in [-0.2, -0.15) is 0 Å². The molecule has 0 fully saturated rings.